The fraction of sp³-hybridized carbons (Fsp3) is 0.533. The van der Waals surface area contributed by atoms with Gasteiger partial charge < -0.3 is 11.1 Å². The lowest BCUT2D eigenvalue weighted by molar-refractivity contribution is -0.117. The normalized spacial score (nSPS) is 20.7. The molecule has 1 heterocycles. The molecule has 1 aliphatic heterocycles. The van der Waals surface area contributed by atoms with Crippen LogP contribution in [0.2, 0.25) is 15.1 Å². The fourth-order valence-electron chi connectivity index (χ4n) is 2.68. The van der Waals surface area contributed by atoms with Crippen molar-refractivity contribution in [2.45, 2.75) is 25.8 Å². The lowest BCUT2D eigenvalue weighted by atomic mass is 9.92. The topological polar surface area (TPSA) is 58.4 Å². The van der Waals surface area contributed by atoms with Crippen molar-refractivity contribution in [3.8, 4) is 0 Å². The molecule has 4 nitrogen and oxygen atoms in total. The Balaban J connectivity index is 1.94. The van der Waals surface area contributed by atoms with Gasteiger partial charge in [-0.25, -0.2) is 0 Å². The summed E-state index contributed by atoms with van der Waals surface area (Å²) in [5, 5.41) is 3.87. The van der Waals surface area contributed by atoms with E-state index in [4.69, 9.17) is 40.5 Å². The van der Waals surface area contributed by atoms with Crippen molar-refractivity contribution in [1.82, 2.24) is 4.90 Å². The molecular weight excluding hydrogens is 345 g/mol. The molecular formula is C15H20Cl3N3O. The highest BCUT2D eigenvalue weighted by Gasteiger charge is 2.24. The SMILES string of the molecule is CC(N)C1CCCN(CC(=O)Nc2cc(Cl)c(Cl)cc2Cl)C1. The Morgan fingerprint density at radius 2 is 2.05 bits per heavy atom. The Kier molecular flexibility index (Phi) is 6.36. The Bertz CT molecular complexity index is 551. The van der Waals surface area contributed by atoms with Crippen LogP contribution in [-0.4, -0.2) is 36.5 Å². The number of piperidine rings is 1. The number of nitrogens with two attached hydrogens (primary N) is 1. The molecule has 3 N–H and O–H groups in total. The Labute approximate surface area is 145 Å². The summed E-state index contributed by atoms with van der Waals surface area (Å²) >= 11 is 17.9. The summed E-state index contributed by atoms with van der Waals surface area (Å²) in [6.07, 6.45) is 2.18. The molecule has 0 saturated carbocycles. The number of hydrogen-bond donors (Lipinski definition) is 2. The number of hydrogen-bond acceptors (Lipinski definition) is 3. The van der Waals surface area contributed by atoms with Gasteiger partial charge in [0.05, 0.1) is 27.3 Å². The second-order valence-electron chi connectivity index (χ2n) is 5.79. The monoisotopic (exact) mass is 363 g/mol. The number of likely N-dealkylation sites (tertiary alicyclic amines) is 1. The number of rotatable bonds is 4. The van der Waals surface area contributed by atoms with Crippen LogP contribution in [0.4, 0.5) is 5.69 Å². The summed E-state index contributed by atoms with van der Waals surface area (Å²) in [7, 11) is 0. The summed E-state index contributed by atoms with van der Waals surface area (Å²) in [6, 6.07) is 3.23. The number of nitrogens with zero attached hydrogens (tertiary/aromatic N) is 1. The average molecular weight is 365 g/mol. The first-order chi connectivity index (χ1) is 10.4. The summed E-state index contributed by atoms with van der Waals surface area (Å²) in [4.78, 5) is 14.3. The molecule has 0 radical (unpaired) electrons. The average Bonchev–Trinajstić information content (AvgIpc) is 2.45. The van der Waals surface area contributed by atoms with E-state index in [2.05, 4.69) is 10.2 Å². The number of nitrogens with one attached hydrogen (secondary N) is 1. The van der Waals surface area contributed by atoms with E-state index in [9.17, 15) is 4.79 Å². The van der Waals surface area contributed by atoms with Crippen molar-refractivity contribution in [3.63, 3.8) is 0 Å². The molecule has 1 saturated heterocycles. The summed E-state index contributed by atoms with van der Waals surface area (Å²) in [5.41, 5.74) is 6.44. The van der Waals surface area contributed by atoms with Crippen LogP contribution in [0.25, 0.3) is 0 Å². The van der Waals surface area contributed by atoms with Gasteiger partial charge in [-0.1, -0.05) is 34.8 Å². The minimum absolute atomic E-state index is 0.120. The van der Waals surface area contributed by atoms with Crippen LogP contribution in [0.3, 0.4) is 0 Å². The van der Waals surface area contributed by atoms with Crippen molar-refractivity contribution in [2.24, 2.45) is 11.7 Å². The number of amides is 1. The molecule has 1 amide bonds. The van der Waals surface area contributed by atoms with E-state index in [1.54, 1.807) is 6.07 Å². The van der Waals surface area contributed by atoms with Crippen molar-refractivity contribution < 1.29 is 4.79 Å². The number of anilines is 1. The molecule has 1 aliphatic rings. The third kappa shape index (κ3) is 4.74. The van der Waals surface area contributed by atoms with Crippen LogP contribution in [0, 0.1) is 5.92 Å². The first-order valence-electron chi connectivity index (χ1n) is 7.29. The van der Waals surface area contributed by atoms with E-state index >= 15 is 0 Å². The number of halogens is 3. The lowest BCUT2D eigenvalue weighted by Crippen LogP contribution is -2.45. The van der Waals surface area contributed by atoms with E-state index in [0.717, 1.165) is 25.9 Å². The number of carbonyl (C=O) groups is 1. The van der Waals surface area contributed by atoms with Gasteiger partial charge in [0, 0.05) is 12.6 Å². The lowest BCUT2D eigenvalue weighted by Gasteiger charge is -2.34. The minimum atomic E-state index is -0.120. The molecule has 1 fully saturated rings. The van der Waals surface area contributed by atoms with Gasteiger partial charge in [-0.05, 0) is 44.4 Å². The van der Waals surface area contributed by atoms with Crippen LogP contribution in [0.15, 0.2) is 12.1 Å². The largest absolute Gasteiger partial charge is 0.328 e. The van der Waals surface area contributed by atoms with E-state index in [-0.39, 0.29) is 11.9 Å². The molecule has 0 aliphatic carbocycles. The highest BCUT2D eigenvalue weighted by molar-refractivity contribution is 6.44. The highest BCUT2D eigenvalue weighted by atomic mass is 35.5. The third-order valence-corrected chi connectivity index (χ3v) is 4.97. The van der Waals surface area contributed by atoms with Gasteiger partial charge in [0.25, 0.3) is 0 Å². The smallest absolute Gasteiger partial charge is 0.238 e. The first kappa shape index (κ1) is 17.8. The van der Waals surface area contributed by atoms with E-state index in [0.29, 0.717) is 33.2 Å². The van der Waals surface area contributed by atoms with Gasteiger partial charge >= 0.3 is 0 Å². The molecule has 122 valence electrons. The predicted molar refractivity (Wildman–Crippen MR) is 92.9 cm³/mol. The molecule has 2 unspecified atom stereocenters. The molecule has 0 bridgehead atoms. The number of carbonyl (C=O) groups excluding carboxylic acids is 1. The van der Waals surface area contributed by atoms with Crippen LogP contribution >= 0.6 is 34.8 Å². The maximum atomic E-state index is 12.2. The summed E-state index contributed by atoms with van der Waals surface area (Å²) < 4.78 is 0. The first-order valence-corrected chi connectivity index (χ1v) is 8.42. The highest BCUT2D eigenvalue weighted by Crippen LogP contribution is 2.32. The maximum Gasteiger partial charge on any atom is 0.238 e. The second-order valence-corrected chi connectivity index (χ2v) is 7.01. The molecule has 0 spiro atoms. The van der Waals surface area contributed by atoms with Crippen molar-refractivity contribution in [1.29, 1.82) is 0 Å². The summed E-state index contributed by atoms with van der Waals surface area (Å²) in [5.74, 6) is 0.320. The fourth-order valence-corrected chi connectivity index (χ4v) is 3.27. The molecule has 2 atom stereocenters. The molecule has 7 heteroatoms. The van der Waals surface area contributed by atoms with Gasteiger partial charge in [0.2, 0.25) is 5.91 Å². The van der Waals surface area contributed by atoms with Gasteiger partial charge in [-0.2, -0.15) is 0 Å². The van der Waals surface area contributed by atoms with E-state index in [1.165, 1.54) is 6.07 Å². The van der Waals surface area contributed by atoms with Crippen molar-refractivity contribution >= 4 is 46.4 Å². The second kappa shape index (κ2) is 7.84. The molecule has 1 aromatic rings. The van der Waals surface area contributed by atoms with Crippen LogP contribution in [-0.2, 0) is 4.79 Å². The van der Waals surface area contributed by atoms with Crippen molar-refractivity contribution in [2.75, 3.05) is 25.0 Å². The van der Waals surface area contributed by atoms with Gasteiger partial charge in [-0.15, -0.1) is 0 Å². The van der Waals surface area contributed by atoms with Crippen LogP contribution in [0.1, 0.15) is 19.8 Å². The molecule has 2 rings (SSSR count). The quantitative estimate of drug-likeness (QED) is 0.802. The Morgan fingerprint density at radius 3 is 2.73 bits per heavy atom. The number of benzene rings is 1. The Morgan fingerprint density at radius 1 is 1.36 bits per heavy atom. The zero-order valence-corrected chi connectivity index (χ0v) is 14.7. The Hall–Kier alpha value is -0.520. The zero-order chi connectivity index (χ0) is 16.3. The van der Waals surface area contributed by atoms with Crippen molar-refractivity contribution in [3.05, 3.63) is 27.2 Å². The standard InChI is InChI=1S/C15H20Cl3N3O/c1-9(19)10-3-2-4-21(7-10)8-15(22)20-14-6-12(17)11(16)5-13(14)18/h5-6,9-10H,2-4,7-8,19H2,1H3,(H,20,22). The van der Waals surface area contributed by atoms with Crippen LogP contribution in [0.5, 0.6) is 0 Å². The van der Waals surface area contributed by atoms with E-state index < -0.39 is 0 Å². The molecule has 1 aromatic carbocycles. The molecule has 22 heavy (non-hydrogen) atoms. The third-order valence-electron chi connectivity index (χ3n) is 3.94. The van der Waals surface area contributed by atoms with Gasteiger partial charge in [-0.3, -0.25) is 9.69 Å². The van der Waals surface area contributed by atoms with Crippen LogP contribution < -0.4 is 11.1 Å². The minimum Gasteiger partial charge on any atom is -0.328 e. The summed E-state index contributed by atoms with van der Waals surface area (Å²) in [6.45, 7) is 4.09. The van der Waals surface area contributed by atoms with E-state index in [1.807, 2.05) is 6.92 Å². The zero-order valence-electron chi connectivity index (χ0n) is 12.4. The maximum absolute atomic E-state index is 12.2. The predicted octanol–water partition coefficient (Wildman–Crippen LogP) is 3.64. The molecule has 0 aromatic heterocycles. The van der Waals surface area contributed by atoms with Gasteiger partial charge in [0.1, 0.15) is 0 Å². The van der Waals surface area contributed by atoms with Gasteiger partial charge in [0.15, 0.2) is 0 Å².